The van der Waals surface area contributed by atoms with Gasteiger partial charge in [0.25, 0.3) is 5.91 Å². The maximum Gasteiger partial charge on any atom is 0.339 e. The minimum atomic E-state index is -3.97. The molecule has 7 nitrogen and oxygen atoms in total. The molecule has 142 valence electrons. The van der Waals surface area contributed by atoms with Crippen molar-refractivity contribution in [1.82, 2.24) is 5.32 Å². The lowest BCUT2D eigenvalue weighted by Crippen LogP contribution is -2.33. The monoisotopic (exact) mass is 388 g/mol. The molecule has 1 saturated carbocycles. The fraction of sp³-hybridized carbons (Fsp3) is 0.263. The van der Waals surface area contributed by atoms with Crippen molar-refractivity contribution >= 4 is 21.9 Å². The highest BCUT2D eigenvalue weighted by atomic mass is 32.2. The molecule has 0 bridgehead atoms. The molecule has 1 atom stereocenters. The first-order chi connectivity index (χ1) is 12.8. The van der Waals surface area contributed by atoms with E-state index in [0.29, 0.717) is 11.1 Å². The molecule has 1 unspecified atom stereocenters. The smallest absolute Gasteiger partial charge is 0.339 e. The summed E-state index contributed by atoms with van der Waals surface area (Å²) in [5.74, 6) is -1.20. The van der Waals surface area contributed by atoms with Gasteiger partial charge in [-0.2, -0.15) is 0 Å². The molecule has 0 aliphatic heterocycles. The van der Waals surface area contributed by atoms with E-state index in [-0.39, 0.29) is 16.5 Å². The SMILES string of the molecule is Cc1ccc(S(N)(=O)=O)cc1C(=O)OC(C(=O)NC1CC1)c1ccccc1. The average Bonchev–Trinajstić information content (AvgIpc) is 3.43. The minimum absolute atomic E-state index is 0.0432. The first kappa shape index (κ1) is 19.1. The summed E-state index contributed by atoms with van der Waals surface area (Å²) >= 11 is 0. The summed E-state index contributed by atoms with van der Waals surface area (Å²) in [6, 6.07) is 12.7. The molecule has 1 amide bonds. The van der Waals surface area contributed by atoms with E-state index in [4.69, 9.17) is 9.88 Å². The van der Waals surface area contributed by atoms with Gasteiger partial charge in [-0.3, -0.25) is 4.79 Å². The van der Waals surface area contributed by atoms with E-state index in [1.807, 2.05) is 0 Å². The highest BCUT2D eigenvalue weighted by Crippen LogP contribution is 2.25. The van der Waals surface area contributed by atoms with Crippen LogP contribution < -0.4 is 10.5 Å². The number of sulfonamides is 1. The number of rotatable bonds is 6. The number of ether oxygens (including phenoxy) is 1. The van der Waals surface area contributed by atoms with Gasteiger partial charge in [0.05, 0.1) is 10.5 Å². The molecule has 2 aromatic carbocycles. The van der Waals surface area contributed by atoms with Crippen LogP contribution in [-0.4, -0.2) is 26.3 Å². The van der Waals surface area contributed by atoms with Crippen molar-refractivity contribution in [2.75, 3.05) is 0 Å². The Morgan fingerprint density at radius 3 is 2.41 bits per heavy atom. The predicted octanol–water partition coefficient (Wildman–Crippen LogP) is 1.82. The molecular formula is C19H20N2O5S. The van der Waals surface area contributed by atoms with Crippen LogP contribution in [0.4, 0.5) is 0 Å². The fourth-order valence-electron chi connectivity index (χ4n) is 2.57. The number of amides is 1. The molecule has 0 heterocycles. The first-order valence-corrected chi connectivity index (χ1v) is 10.00. The summed E-state index contributed by atoms with van der Waals surface area (Å²) in [5.41, 5.74) is 1.09. The lowest BCUT2D eigenvalue weighted by Gasteiger charge is -2.18. The molecule has 0 spiro atoms. The third-order valence-electron chi connectivity index (χ3n) is 4.25. The fourth-order valence-corrected chi connectivity index (χ4v) is 3.11. The second-order valence-electron chi connectivity index (χ2n) is 6.50. The Morgan fingerprint density at radius 1 is 1.15 bits per heavy atom. The second-order valence-corrected chi connectivity index (χ2v) is 8.06. The molecule has 1 fully saturated rings. The first-order valence-electron chi connectivity index (χ1n) is 8.45. The van der Waals surface area contributed by atoms with Crippen molar-refractivity contribution in [2.24, 2.45) is 5.14 Å². The Hall–Kier alpha value is -2.71. The van der Waals surface area contributed by atoms with Crippen LogP contribution in [0, 0.1) is 6.92 Å². The van der Waals surface area contributed by atoms with E-state index in [1.165, 1.54) is 12.1 Å². The van der Waals surface area contributed by atoms with Crippen molar-refractivity contribution in [3.63, 3.8) is 0 Å². The molecule has 0 saturated heterocycles. The van der Waals surface area contributed by atoms with Gasteiger partial charge < -0.3 is 10.1 Å². The number of primary sulfonamides is 1. The highest BCUT2D eigenvalue weighted by Gasteiger charge is 2.31. The molecule has 2 aromatic rings. The van der Waals surface area contributed by atoms with Gasteiger partial charge in [0.2, 0.25) is 16.1 Å². The van der Waals surface area contributed by atoms with Crippen LogP contribution in [0.3, 0.4) is 0 Å². The van der Waals surface area contributed by atoms with Crippen molar-refractivity contribution in [3.8, 4) is 0 Å². The zero-order valence-electron chi connectivity index (χ0n) is 14.7. The van der Waals surface area contributed by atoms with E-state index in [1.54, 1.807) is 37.3 Å². The Morgan fingerprint density at radius 2 is 1.81 bits per heavy atom. The van der Waals surface area contributed by atoms with E-state index >= 15 is 0 Å². The molecule has 0 radical (unpaired) electrons. The molecule has 3 N–H and O–H groups in total. The number of carbonyl (C=O) groups is 2. The lowest BCUT2D eigenvalue weighted by atomic mass is 10.1. The summed E-state index contributed by atoms with van der Waals surface area (Å²) in [4.78, 5) is 25.1. The Kier molecular flexibility index (Phi) is 5.29. The van der Waals surface area contributed by atoms with Gasteiger partial charge in [0, 0.05) is 11.6 Å². The van der Waals surface area contributed by atoms with Crippen LogP contribution >= 0.6 is 0 Å². The van der Waals surface area contributed by atoms with E-state index < -0.39 is 28.0 Å². The van der Waals surface area contributed by atoms with Gasteiger partial charge in [-0.05, 0) is 37.5 Å². The van der Waals surface area contributed by atoms with Crippen LogP contribution in [0.25, 0.3) is 0 Å². The van der Waals surface area contributed by atoms with E-state index in [2.05, 4.69) is 5.32 Å². The number of esters is 1. The third-order valence-corrected chi connectivity index (χ3v) is 5.16. The number of hydrogen-bond acceptors (Lipinski definition) is 5. The summed E-state index contributed by atoms with van der Waals surface area (Å²) in [5, 5.41) is 7.96. The zero-order valence-corrected chi connectivity index (χ0v) is 15.5. The number of benzene rings is 2. The van der Waals surface area contributed by atoms with Crippen molar-refractivity contribution in [1.29, 1.82) is 0 Å². The van der Waals surface area contributed by atoms with Crippen molar-refractivity contribution < 1.29 is 22.7 Å². The number of aryl methyl sites for hydroxylation is 1. The normalized spacial score (nSPS) is 15.0. The van der Waals surface area contributed by atoms with Gasteiger partial charge in [-0.15, -0.1) is 0 Å². The predicted molar refractivity (Wildman–Crippen MR) is 98.3 cm³/mol. The average molecular weight is 388 g/mol. The van der Waals surface area contributed by atoms with Crippen molar-refractivity contribution in [3.05, 3.63) is 65.2 Å². The van der Waals surface area contributed by atoms with Gasteiger partial charge >= 0.3 is 5.97 Å². The molecule has 0 aromatic heterocycles. The molecule has 3 rings (SSSR count). The Bertz CT molecular complexity index is 969. The van der Waals surface area contributed by atoms with Crippen LogP contribution in [0.2, 0.25) is 0 Å². The summed E-state index contributed by atoms with van der Waals surface area (Å²) in [7, 11) is -3.97. The molecule has 8 heteroatoms. The second kappa shape index (κ2) is 7.50. The number of hydrogen-bond donors (Lipinski definition) is 2. The Balaban J connectivity index is 1.89. The van der Waals surface area contributed by atoms with Crippen LogP contribution in [-0.2, 0) is 19.6 Å². The lowest BCUT2D eigenvalue weighted by molar-refractivity contribution is -0.130. The third kappa shape index (κ3) is 4.72. The van der Waals surface area contributed by atoms with E-state index in [0.717, 1.165) is 18.9 Å². The van der Waals surface area contributed by atoms with Crippen molar-refractivity contribution in [2.45, 2.75) is 36.8 Å². The van der Waals surface area contributed by atoms with Gasteiger partial charge in [-0.25, -0.2) is 18.4 Å². The summed E-state index contributed by atoms with van der Waals surface area (Å²) < 4.78 is 28.6. The molecule has 1 aliphatic carbocycles. The van der Waals surface area contributed by atoms with Crippen LogP contribution in [0.5, 0.6) is 0 Å². The Labute approximate surface area is 157 Å². The molecule has 27 heavy (non-hydrogen) atoms. The number of carbonyl (C=O) groups excluding carboxylic acids is 2. The van der Waals surface area contributed by atoms with E-state index in [9.17, 15) is 18.0 Å². The number of nitrogens with one attached hydrogen (secondary N) is 1. The maximum absolute atomic E-state index is 12.7. The van der Waals surface area contributed by atoms with Gasteiger partial charge in [0.15, 0.2) is 0 Å². The minimum Gasteiger partial charge on any atom is -0.444 e. The van der Waals surface area contributed by atoms with Crippen LogP contribution in [0.15, 0.2) is 53.4 Å². The van der Waals surface area contributed by atoms with Gasteiger partial charge in [-0.1, -0.05) is 36.4 Å². The summed E-state index contributed by atoms with van der Waals surface area (Å²) in [6.07, 6.45) is 0.671. The summed E-state index contributed by atoms with van der Waals surface area (Å²) in [6.45, 7) is 1.64. The molecular weight excluding hydrogens is 368 g/mol. The zero-order chi connectivity index (χ0) is 19.6. The topological polar surface area (TPSA) is 116 Å². The largest absolute Gasteiger partial charge is 0.444 e. The standard InChI is InChI=1S/C19H20N2O5S/c1-12-7-10-15(27(20,24)25)11-16(12)19(23)26-17(13-5-3-2-4-6-13)18(22)21-14-8-9-14/h2-7,10-11,14,17H,8-9H2,1H3,(H,21,22)(H2,20,24,25). The quantitative estimate of drug-likeness (QED) is 0.733. The highest BCUT2D eigenvalue weighted by molar-refractivity contribution is 7.89. The number of nitrogens with two attached hydrogens (primary N) is 1. The van der Waals surface area contributed by atoms with Gasteiger partial charge in [0.1, 0.15) is 0 Å². The maximum atomic E-state index is 12.7. The molecule has 1 aliphatic rings. The van der Waals surface area contributed by atoms with Crippen LogP contribution in [0.1, 0.15) is 40.4 Å².